The van der Waals surface area contributed by atoms with Gasteiger partial charge < -0.3 is 4.90 Å². The van der Waals surface area contributed by atoms with E-state index in [4.69, 9.17) is 0 Å². The van der Waals surface area contributed by atoms with Gasteiger partial charge in [0.25, 0.3) is 0 Å². The highest BCUT2D eigenvalue weighted by molar-refractivity contribution is 7.97. The van der Waals surface area contributed by atoms with Crippen molar-refractivity contribution in [3.05, 3.63) is 121 Å². The Hall–Kier alpha value is -3.29. The molecule has 0 fully saturated rings. The van der Waals surface area contributed by atoms with Crippen LogP contribution in [-0.2, 0) is 6.42 Å². The lowest BCUT2D eigenvalue weighted by atomic mass is 9.91. The Morgan fingerprint density at radius 1 is 1.02 bits per heavy atom. The summed E-state index contributed by atoms with van der Waals surface area (Å²) in [6.45, 7) is 10.8. The van der Waals surface area contributed by atoms with Crippen molar-refractivity contribution in [3.8, 4) is 11.1 Å². The van der Waals surface area contributed by atoms with Gasteiger partial charge in [-0.05, 0) is 91.2 Å². The van der Waals surface area contributed by atoms with Crippen LogP contribution in [-0.4, -0.2) is 25.3 Å². The van der Waals surface area contributed by atoms with Gasteiger partial charge in [-0.1, -0.05) is 67.1 Å². The minimum Gasteiger partial charge on any atom is -0.366 e. The topological polar surface area (TPSA) is 15.3 Å². The molecule has 0 saturated carbocycles. The number of halogens is 4. The molecule has 1 N–H and O–H groups in total. The molecule has 0 amide bonds. The van der Waals surface area contributed by atoms with E-state index in [1.165, 1.54) is 29.7 Å². The van der Waals surface area contributed by atoms with E-state index >= 15 is 0 Å². The van der Waals surface area contributed by atoms with Crippen LogP contribution in [0, 0.1) is 11.7 Å². The SMILES string of the molecule is C/C=C\C/C(=C\CC)CN1CC(NSc2ccccc2)C(C(F)(F)F)Cc2cc(-c3ccc(F)cc3)ccc21.C=C. The number of anilines is 1. The summed E-state index contributed by atoms with van der Waals surface area (Å²) in [6.07, 6.45) is 3.32. The standard InChI is InChI=1S/C32H34F4N2S.C2H4/c1-3-5-10-23(9-4-2)21-38-22-30(37-39-28-11-7-6-8-12-28)29(32(34,35)36)20-26-19-25(15-18-31(26)38)24-13-16-27(33)17-14-24;1-2/h3,5-9,11-19,29-30,37H,4,10,20-22H2,1-2H3;1-2H2/b5-3-,23-9+;. The molecule has 1 aliphatic rings. The minimum atomic E-state index is -4.39. The highest BCUT2D eigenvalue weighted by atomic mass is 32.2. The van der Waals surface area contributed by atoms with Gasteiger partial charge in [0, 0.05) is 29.7 Å². The zero-order valence-electron chi connectivity index (χ0n) is 23.6. The van der Waals surface area contributed by atoms with Gasteiger partial charge in [-0.15, -0.1) is 13.2 Å². The van der Waals surface area contributed by atoms with E-state index in [2.05, 4.69) is 41.9 Å². The van der Waals surface area contributed by atoms with Gasteiger partial charge in [-0.3, -0.25) is 4.72 Å². The summed E-state index contributed by atoms with van der Waals surface area (Å²) >= 11 is 1.24. The molecule has 0 bridgehead atoms. The first-order chi connectivity index (χ1) is 19.8. The fourth-order valence-corrected chi connectivity index (χ4v) is 5.80. The number of nitrogens with one attached hydrogen (secondary N) is 1. The number of rotatable bonds is 9. The Balaban J connectivity index is 0.00000226. The first kappa shape index (κ1) is 32.2. The zero-order chi connectivity index (χ0) is 29.8. The second-order valence-electron chi connectivity index (χ2n) is 9.77. The van der Waals surface area contributed by atoms with Crippen molar-refractivity contribution in [1.82, 2.24) is 4.72 Å². The second kappa shape index (κ2) is 15.6. The molecular weight excluding hydrogens is 544 g/mol. The Labute approximate surface area is 246 Å². The highest BCUT2D eigenvalue weighted by Gasteiger charge is 2.47. The van der Waals surface area contributed by atoms with Gasteiger partial charge in [0.05, 0.1) is 5.92 Å². The molecule has 3 aromatic rings. The van der Waals surface area contributed by atoms with Crippen molar-refractivity contribution in [2.24, 2.45) is 5.92 Å². The highest BCUT2D eigenvalue weighted by Crippen LogP contribution is 2.40. The Morgan fingerprint density at radius 3 is 2.34 bits per heavy atom. The molecule has 3 aromatic carbocycles. The van der Waals surface area contributed by atoms with Gasteiger partial charge in [0.1, 0.15) is 5.82 Å². The zero-order valence-corrected chi connectivity index (χ0v) is 24.4. The van der Waals surface area contributed by atoms with Crippen molar-refractivity contribution in [1.29, 1.82) is 0 Å². The van der Waals surface area contributed by atoms with Crippen LogP contribution < -0.4 is 9.62 Å². The second-order valence-corrected chi connectivity index (χ2v) is 10.7. The van der Waals surface area contributed by atoms with Crippen molar-refractivity contribution in [2.45, 2.75) is 50.2 Å². The molecule has 2 unspecified atom stereocenters. The van der Waals surface area contributed by atoms with Crippen molar-refractivity contribution in [3.63, 3.8) is 0 Å². The van der Waals surface area contributed by atoms with Gasteiger partial charge in [0.15, 0.2) is 0 Å². The van der Waals surface area contributed by atoms with Crippen LogP contribution in [0.15, 0.2) is 115 Å². The Kier molecular flexibility index (Phi) is 12.3. The molecule has 2 nitrogen and oxygen atoms in total. The lowest BCUT2D eigenvalue weighted by molar-refractivity contribution is -0.179. The van der Waals surface area contributed by atoms with E-state index in [9.17, 15) is 17.6 Å². The van der Waals surface area contributed by atoms with Gasteiger partial charge in [0.2, 0.25) is 0 Å². The van der Waals surface area contributed by atoms with Crippen molar-refractivity contribution >= 4 is 17.6 Å². The molecule has 0 radical (unpaired) electrons. The van der Waals surface area contributed by atoms with E-state index in [1.54, 1.807) is 12.1 Å². The maximum atomic E-state index is 14.6. The average Bonchev–Trinajstić information content (AvgIpc) is 3.13. The van der Waals surface area contributed by atoms with E-state index in [1.807, 2.05) is 61.5 Å². The summed E-state index contributed by atoms with van der Waals surface area (Å²) in [6, 6.07) is 20.3. The number of nitrogens with zero attached hydrogens (tertiary/aromatic N) is 1. The van der Waals surface area contributed by atoms with Gasteiger partial charge in [-0.25, -0.2) is 4.39 Å². The lowest BCUT2D eigenvalue weighted by Gasteiger charge is -2.32. The Morgan fingerprint density at radius 2 is 1.71 bits per heavy atom. The number of fused-ring (bicyclic) bond motifs is 1. The molecule has 4 rings (SSSR count). The molecule has 0 spiro atoms. The number of benzene rings is 3. The van der Waals surface area contributed by atoms with Crippen LogP contribution in [0.1, 0.15) is 32.3 Å². The summed E-state index contributed by atoms with van der Waals surface area (Å²) in [5.74, 6) is -1.92. The normalized spacial score (nSPS) is 17.5. The number of hydrogen-bond donors (Lipinski definition) is 1. The van der Waals surface area contributed by atoms with Crippen LogP contribution in [0.25, 0.3) is 11.1 Å². The van der Waals surface area contributed by atoms with Gasteiger partial charge in [-0.2, -0.15) is 13.2 Å². The molecular formula is C34H38F4N2S. The Bertz CT molecular complexity index is 1290. The lowest BCUT2D eigenvalue weighted by Crippen LogP contribution is -2.47. The van der Waals surface area contributed by atoms with E-state index < -0.39 is 18.1 Å². The third kappa shape index (κ3) is 9.10. The molecule has 0 aromatic heterocycles. The number of allylic oxidation sites excluding steroid dienone is 3. The van der Waals surface area contributed by atoms with Gasteiger partial charge >= 0.3 is 6.18 Å². The van der Waals surface area contributed by atoms with E-state index in [-0.39, 0.29) is 18.8 Å². The molecule has 0 aliphatic carbocycles. The predicted octanol–water partition coefficient (Wildman–Crippen LogP) is 9.80. The van der Waals surface area contributed by atoms with E-state index in [0.717, 1.165) is 34.6 Å². The fraction of sp³-hybridized carbons (Fsp3) is 0.294. The number of hydrogen-bond acceptors (Lipinski definition) is 3. The van der Waals surface area contributed by atoms with Crippen LogP contribution in [0.5, 0.6) is 0 Å². The predicted molar refractivity (Wildman–Crippen MR) is 166 cm³/mol. The maximum Gasteiger partial charge on any atom is 0.393 e. The molecule has 218 valence electrons. The first-order valence-corrected chi connectivity index (χ1v) is 14.6. The van der Waals surface area contributed by atoms with Crippen molar-refractivity contribution < 1.29 is 17.6 Å². The monoisotopic (exact) mass is 582 g/mol. The number of alkyl halides is 3. The van der Waals surface area contributed by atoms with Crippen molar-refractivity contribution in [2.75, 3.05) is 18.0 Å². The third-order valence-electron chi connectivity index (χ3n) is 6.93. The van der Waals surface area contributed by atoms with Crippen LogP contribution in [0.2, 0.25) is 0 Å². The smallest absolute Gasteiger partial charge is 0.366 e. The van der Waals surface area contributed by atoms with Crippen LogP contribution in [0.4, 0.5) is 23.2 Å². The molecule has 7 heteroatoms. The van der Waals surface area contributed by atoms with Crippen LogP contribution >= 0.6 is 11.9 Å². The summed E-state index contributed by atoms with van der Waals surface area (Å²) in [5, 5.41) is 0. The maximum absolute atomic E-state index is 14.6. The van der Waals surface area contributed by atoms with E-state index in [0.29, 0.717) is 12.1 Å². The molecule has 1 aliphatic heterocycles. The molecule has 1 heterocycles. The average molecular weight is 583 g/mol. The minimum absolute atomic E-state index is 0.140. The molecule has 41 heavy (non-hydrogen) atoms. The summed E-state index contributed by atoms with van der Waals surface area (Å²) < 4.78 is 60.5. The molecule has 2 atom stereocenters. The van der Waals surface area contributed by atoms with Crippen LogP contribution in [0.3, 0.4) is 0 Å². The fourth-order valence-electron chi connectivity index (χ4n) is 4.98. The largest absolute Gasteiger partial charge is 0.393 e. The first-order valence-electron chi connectivity index (χ1n) is 13.8. The third-order valence-corrected chi connectivity index (χ3v) is 7.86. The summed E-state index contributed by atoms with van der Waals surface area (Å²) in [4.78, 5) is 2.95. The summed E-state index contributed by atoms with van der Waals surface area (Å²) in [5.41, 5.74) is 4.18. The molecule has 0 saturated heterocycles. The summed E-state index contributed by atoms with van der Waals surface area (Å²) in [7, 11) is 0. The quantitative estimate of drug-likeness (QED) is 0.154.